The van der Waals surface area contributed by atoms with Crippen LogP contribution in [-0.4, -0.2) is 80.9 Å². The fourth-order valence-corrected chi connectivity index (χ4v) is 2.64. The molecule has 0 aliphatic carbocycles. The average Bonchev–Trinajstić information content (AvgIpc) is 2.74. The number of phenolic OH excluding ortho intramolecular Hbond substituents is 1. The van der Waals surface area contributed by atoms with Crippen LogP contribution >= 0.6 is 0 Å². The normalized spacial score (nSPS) is 14.3. The van der Waals surface area contributed by atoms with Crippen LogP contribution in [0.25, 0.3) is 0 Å². The van der Waals surface area contributed by atoms with Crippen LogP contribution in [0.4, 0.5) is 0 Å². The summed E-state index contributed by atoms with van der Waals surface area (Å²) in [5, 5.41) is 43.5. The summed E-state index contributed by atoms with van der Waals surface area (Å²) in [6, 6.07) is 0.520. The summed E-state index contributed by atoms with van der Waals surface area (Å²) in [6.07, 6.45) is -0.970. The van der Waals surface area contributed by atoms with E-state index in [9.17, 15) is 34.2 Å². The van der Waals surface area contributed by atoms with E-state index in [4.69, 9.17) is 15.9 Å². The number of carbonyl (C=O) groups is 5. The number of carbonyl (C=O) groups excluding carboxylic acids is 3. The highest BCUT2D eigenvalue weighted by atomic mass is 16.4. The van der Waals surface area contributed by atoms with Crippen LogP contribution in [0.15, 0.2) is 24.3 Å². The van der Waals surface area contributed by atoms with Crippen molar-refractivity contribution < 1.29 is 44.4 Å². The topological polar surface area (TPSA) is 228 Å². The van der Waals surface area contributed by atoms with Gasteiger partial charge in [-0.2, -0.15) is 0 Å². The Morgan fingerprint density at radius 3 is 1.88 bits per heavy atom. The number of carboxylic acid groups (broad SMARTS) is 2. The highest BCUT2D eigenvalue weighted by molar-refractivity contribution is 5.94. The molecule has 1 rings (SSSR count). The number of nitrogens with one attached hydrogen (secondary N) is 3. The van der Waals surface area contributed by atoms with Crippen LogP contribution in [0.5, 0.6) is 5.75 Å². The lowest BCUT2D eigenvalue weighted by Crippen LogP contribution is -2.58. The van der Waals surface area contributed by atoms with E-state index in [0.29, 0.717) is 5.56 Å². The van der Waals surface area contributed by atoms with Crippen LogP contribution < -0.4 is 21.7 Å². The standard InChI is InChI=1S/C20H28N4O9/c1-10(21)17(29)23-14(8-11-2-4-12(26)5-3-11)18(30)24-15(9-25)19(31)22-13(20(32)33)6-7-16(27)28/h2-5,10,13-15,25-26H,6-9,21H2,1H3,(H,22,31)(H,23,29)(H,24,30)(H,27,28)(H,32,33). The van der Waals surface area contributed by atoms with Gasteiger partial charge in [-0.25, -0.2) is 4.79 Å². The van der Waals surface area contributed by atoms with Crippen molar-refractivity contribution in [3.8, 4) is 5.75 Å². The van der Waals surface area contributed by atoms with E-state index in [1.165, 1.54) is 31.2 Å². The van der Waals surface area contributed by atoms with Gasteiger partial charge in [0.25, 0.3) is 0 Å². The molecule has 4 unspecified atom stereocenters. The van der Waals surface area contributed by atoms with E-state index in [1.807, 2.05) is 0 Å². The molecule has 4 atom stereocenters. The quantitative estimate of drug-likeness (QED) is 0.154. The Morgan fingerprint density at radius 2 is 1.39 bits per heavy atom. The first kappa shape index (κ1) is 27.3. The molecule has 13 nitrogen and oxygen atoms in total. The van der Waals surface area contributed by atoms with Crippen molar-refractivity contribution in [3.05, 3.63) is 29.8 Å². The van der Waals surface area contributed by atoms with Crippen molar-refractivity contribution in [2.75, 3.05) is 6.61 Å². The van der Waals surface area contributed by atoms with E-state index in [0.717, 1.165) is 0 Å². The Morgan fingerprint density at radius 1 is 0.879 bits per heavy atom. The number of rotatable bonds is 13. The Kier molecular flexibility index (Phi) is 10.7. The number of amides is 3. The van der Waals surface area contributed by atoms with E-state index >= 15 is 0 Å². The van der Waals surface area contributed by atoms with Gasteiger partial charge < -0.3 is 42.1 Å². The molecule has 33 heavy (non-hydrogen) atoms. The van der Waals surface area contributed by atoms with Crippen LogP contribution in [0, 0.1) is 0 Å². The Hall–Kier alpha value is -3.71. The van der Waals surface area contributed by atoms with Crippen molar-refractivity contribution in [3.63, 3.8) is 0 Å². The largest absolute Gasteiger partial charge is 0.508 e. The maximum Gasteiger partial charge on any atom is 0.326 e. The summed E-state index contributed by atoms with van der Waals surface area (Å²) in [6.45, 7) is 0.508. The Balaban J connectivity index is 2.94. The van der Waals surface area contributed by atoms with Crippen molar-refractivity contribution in [1.29, 1.82) is 0 Å². The third-order valence-corrected chi connectivity index (χ3v) is 4.50. The molecule has 0 aliphatic rings. The van der Waals surface area contributed by atoms with Gasteiger partial charge in [0, 0.05) is 12.8 Å². The van der Waals surface area contributed by atoms with E-state index in [1.54, 1.807) is 0 Å². The molecule has 1 aromatic carbocycles. The summed E-state index contributed by atoms with van der Waals surface area (Å²) in [4.78, 5) is 59.1. The highest BCUT2D eigenvalue weighted by Crippen LogP contribution is 2.12. The number of aromatic hydroxyl groups is 1. The Labute approximate surface area is 189 Å². The molecule has 1 aromatic rings. The summed E-state index contributed by atoms with van der Waals surface area (Å²) >= 11 is 0. The zero-order valence-electron chi connectivity index (χ0n) is 17.9. The summed E-state index contributed by atoms with van der Waals surface area (Å²) in [7, 11) is 0. The van der Waals surface area contributed by atoms with Gasteiger partial charge in [0.1, 0.15) is 23.9 Å². The zero-order chi connectivity index (χ0) is 25.1. The number of nitrogens with two attached hydrogens (primary N) is 1. The zero-order valence-corrected chi connectivity index (χ0v) is 17.9. The summed E-state index contributed by atoms with van der Waals surface area (Å²) < 4.78 is 0. The van der Waals surface area contributed by atoms with Crippen molar-refractivity contribution >= 4 is 29.7 Å². The van der Waals surface area contributed by atoms with Crippen molar-refractivity contribution in [2.24, 2.45) is 5.73 Å². The summed E-state index contributed by atoms with van der Waals surface area (Å²) in [5.74, 6) is -5.31. The molecule has 0 fully saturated rings. The minimum Gasteiger partial charge on any atom is -0.508 e. The molecule has 0 saturated heterocycles. The van der Waals surface area contributed by atoms with Gasteiger partial charge in [-0.05, 0) is 31.0 Å². The van der Waals surface area contributed by atoms with Gasteiger partial charge in [0.15, 0.2) is 0 Å². The lowest BCUT2D eigenvalue weighted by atomic mass is 10.0. The Bertz CT molecular complexity index is 858. The number of aliphatic hydroxyl groups excluding tert-OH is 1. The minimum atomic E-state index is -1.57. The van der Waals surface area contributed by atoms with Crippen LogP contribution in [-0.2, 0) is 30.4 Å². The molecule has 3 amide bonds. The van der Waals surface area contributed by atoms with E-state index in [2.05, 4.69) is 16.0 Å². The molecule has 9 N–H and O–H groups in total. The molecule has 13 heteroatoms. The number of benzene rings is 1. The number of carboxylic acids is 2. The van der Waals surface area contributed by atoms with E-state index < -0.39 is 73.3 Å². The van der Waals surface area contributed by atoms with Crippen LogP contribution in [0.3, 0.4) is 0 Å². The van der Waals surface area contributed by atoms with Gasteiger partial charge in [-0.15, -0.1) is 0 Å². The third kappa shape index (κ3) is 9.53. The molecular formula is C20H28N4O9. The number of hydrogen-bond donors (Lipinski definition) is 8. The van der Waals surface area contributed by atoms with Crippen LogP contribution in [0.1, 0.15) is 25.3 Å². The first-order valence-electron chi connectivity index (χ1n) is 9.94. The second-order valence-electron chi connectivity index (χ2n) is 7.30. The van der Waals surface area contributed by atoms with Gasteiger partial charge in [0.05, 0.1) is 12.6 Å². The van der Waals surface area contributed by atoms with Crippen molar-refractivity contribution in [2.45, 2.75) is 50.4 Å². The van der Waals surface area contributed by atoms with Gasteiger partial charge in [-0.1, -0.05) is 12.1 Å². The summed E-state index contributed by atoms with van der Waals surface area (Å²) in [5.41, 5.74) is 6.09. The van der Waals surface area contributed by atoms with Crippen LogP contribution in [0.2, 0.25) is 0 Å². The monoisotopic (exact) mass is 468 g/mol. The molecule has 182 valence electrons. The number of aliphatic carboxylic acids is 2. The molecule has 0 aromatic heterocycles. The number of hydrogen-bond acceptors (Lipinski definition) is 8. The van der Waals surface area contributed by atoms with Gasteiger partial charge in [-0.3, -0.25) is 19.2 Å². The smallest absolute Gasteiger partial charge is 0.326 e. The van der Waals surface area contributed by atoms with Gasteiger partial charge in [0.2, 0.25) is 17.7 Å². The molecule has 0 bridgehead atoms. The van der Waals surface area contributed by atoms with Gasteiger partial charge >= 0.3 is 11.9 Å². The third-order valence-electron chi connectivity index (χ3n) is 4.50. The van der Waals surface area contributed by atoms with Crippen molar-refractivity contribution in [1.82, 2.24) is 16.0 Å². The first-order valence-corrected chi connectivity index (χ1v) is 9.94. The number of phenols is 1. The first-order chi connectivity index (χ1) is 15.4. The molecule has 0 aliphatic heterocycles. The minimum absolute atomic E-state index is 0.00716. The molecule has 0 radical (unpaired) electrons. The molecule has 0 saturated carbocycles. The molecule has 0 spiro atoms. The molecular weight excluding hydrogens is 440 g/mol. The lowest BCUT2D eigenvalue weighted by molar-refractivity contribution is -0.143. The number of aliphatic hydroxyl groups is 1. The predicted octanol–water partition coefficient (Wildman–Crippen LogP) is -2.32. The predicted molar refractivity (Wildman–Crippen MR) is 113 cm³/mol. The fraction of sp³-hybridized carbons (Fsp3) is 0.450. The maximum atomic E-state index is 12.8. The fourth-order valence-electron chi connectivity index (χ4n) is 2.64. The lowest BCUT2D eigenvalue weighted by Gasteiger charge is -2.24. The van der Waals surface area contributed by atoms with E-state index in [-0.39, 0.29) is 12.2 Å². The maximum absolute atomic E-state index is 12.8. The highest BCUT2D eigenvalue weighted by Gasteiger charge is 2.30. The second-order valence-corrected chi connectivity index (χ2v) is 7.30. The SMILES string of the molecule is CC(N)C(=O)NC(Cc1ccc(O)cc1)C(=O)NC(CO)C(=O)NC(CCC(=O)O)C(=O)O. The average molecular weight is 468 g/mol. The second kappa shape index (κ2) is 13.0. The molecule has 0 heterocycles.